The van der Waals surface area contributed by atoms with E-state index in [0.29, 0.717) is 11.5 Å². The van der Waals surface area contributed by atoms with Gasteiger partial charge in [0.05, 0.1) is 19.2 Å². The minimum Gasteiger partial charge on any atom is -0.497 e. The van der Waals surface area contributed by atoms with E-state index < -0.39 is 6.04 Å². The van der Waals surface area contributed by atoms with Crippen molar-refractivity contribution in [3.8, 4) is 17.0 Å². The van der Waals surface area contributed by atoms with E-state index in [1.165, 1.54) is 0 Å². The number of benzene rings is 2. The van der Waals surface area contributed by atoms with Gasteiger partial charge < -0.3 is 15.4 Å². The number of hydrogen-bond acceptors (Lipinski definition) is 4. The van der Waals surface area contributed by atoms with Crippen LogP contribution in [0.4, 0.5) is 11.5 Å². The SMILES string of the molecule is COc1ccc(-c2nn3c(c2C)NC(=O)C[C@@H]3C(=O)Nc2ccc(C)cc2)cc1. The van der Waals surface area contributed by atoms with Crippen LogP contribution >= 0.6 is 0 Å². The number of aromatic nitrogens is 2. The van der Waals surface area contributed by atoms with E-state index in [1.807, 2.05) is 62.4 Å². The van der Waals surface area contributed by atoms with Crippen LogP contribution < -0.4 is 15.4 Å². The van der Waals surface area contributed by atoms with E-state index in [2.05, 4.69) is 15.7 Å². The average Bonchev–Trinajstić information content (AvgIpc) is 3.05. The zero-order valence-electron chi connectivity index (χ0n) is 16.5. The zero-order valence-corrected chi connectivity index (χ0v) is 16.5. The molecule has 3 aromatic rings. The number of nitrogens with one attached hydrogen (secondary N) is 2. The Labute approximate surface area is 168 Å². The molecule has 0 spiro atoms. The first kappa shape index (κ1) is 18.7. The van der Waals surface area contributed by atoms with Crippen LogP contribution in [0.2, 0.25) is 0 Å². The van der Waals surface area contributed by atoms with Gasteiger partial charge in [-0.05, 0) is 50.2 Å². The van der Waals surface area contributed by atoms with Crippen LogP contribution in [-0.4, -0.2) is 28.7 Å². The second-order valence-electron chi connectivity index (χ2n) is 7.12. The Kier molecular flexibility index (Phi) is 4.80. The third kappa shape index (κ3) is 3.59. The Morgan fingerprint density at radius 3 is 2.48 bits per heavy atom. The van der Waals surface area contributed by atoms with Crippen molar-refractivity contribution in [1.29, 1.82) is 0 Å². The summed E-state index contributed by atoms with van der Waals surface area (Å²) in [6, 6.07) is 14.3. The van der Waals surface area contributed by atoms with Crippen molar-refractivity contribution < 1.29 is 14.3 Å². The van der Waals surface area contributed by atoms with E-state index in [0.717, 1.165) is 28.1 Å². The maximum absolute atomic E-state index is 12.9. The smallest absolute Gasteiger partial charge is 0.249 e. The van der Waals surface area contributed by atoms with Crippen LogP contribution in [0.25, 0.3) is 11.3 Å². The molecule has 2 aromatic carbocycles. The lowest BCUT2D eigenvalue weighted by molar-refractivity contribution is -0.125. The maximum Gasteiger partial charge on any atom is 0.249 e. The summed E-state index contributed by atoms with van der Waals surface area (Å²) in [7, 11) is 1.61. The molecule has 7 nitrogen and oxygen atoms in total. The lowest BCUT2D eigenvalue weighted by Gasteiger charge is -2.24. The summed E-state index contributed by atoms with van der Waals surface area (Å²) in [5.74, 6) is 0.828. The standard InChI is InChI=1S/C22H22N4O3/c1-13-4-8-16(9-5-13)23-22(28)18-12-19(27)24-21-14(2)20(25-26(18)21)15-6-10-17(29-3)11-7-15/h4-11,18H,12H2,1-3H3,(H,23,28)(H,24,27)/t18-/m1/s1. The van der Waals surface area contributed by atoms with Gasteiger partial charge in [0.25, 0.3) is 0 Å². The fourth-order valence-electron chi connectivity index (χ4n) is 3.43. The zero-order chi connectivity index (χ0) is 20.5. The summed E-state index contributed by atoms with van der Waals surface area (Å²) in [6.07, 6.45) is 0.0356. The van der Waals surface area contributed by atoms with Gasteiger partial charge in [0.2, 0.25) is 11.8 Å². The number of nitrogens with zero attached hydrogens (tertiary/aromatic N) is 2. The Morgan fingerprint density at radius 2 is 1.83 bits per heavy atom. The van der Waals surface area contributed by atoms with Crippen molar-refractivity contribution in [2.24, 2.45) is 0 Å². The second kappa shape index (κ2) is 7.43. The number of fused-ring (bicyclic) bond motifs is 1. The number of rotatable bonds is 4. The van der Waals surface area contributed by atoms with E-state index in [4.69, 9.17) is 4.74 Å². The number of amides is 2. The highest BCUT2D eigenvalue weighted by Crippen LogP contribution is 2.35. The summed E-state index contributed by atoms with van der Waals surface area (Å²) in [5.41, 5.74) is 4.22. The van der Waals surface area contributed by atoms with E-state index >= 15 is 0 Å². The molecule has 4 rings (SSSR count). The summed E-state index contributed by atoms with van der Waals surface area (Å²) >= 11 is 0. The first-order valence-electron chi connectivity index (χ1n) is 9.37. The molecule has 0 aliphatic carbocycles. The number of aryl methyl sites for hydroxylation is 1. The second-order valence-corrected chi connectivity index (χ2v) is 7.12. The Bertz CT molecular complexity index is 1070. The molecule has 0 saturated heterocycles. The van der Waals surface area contributed by atoms with Crippen LogP contribution in [0.3, 0.4) is 0 Å². The number of hydrogen-bond donors (Lipinski definition) is 2. The molecule has 1 aliphatic heterocycles. The van der Waals surface area contributed by atoms with Crippen molar-refractivity contribution >= 4 is 23.3 Å². The molecule has 1 aliphatic rings. The molecule has 1 aromatic heterocycles. The molecule has 2 N–H and O–H groups in total. The lowest BCUT2D eigenvalue weighted by Crippen LogP contribution is -2.35. The van der Waals surface area contributed by atoms with E-state index in [9.17, 15) is 9.59 Å². The fourth-order valence-corrected chi connectivity index (χ4v) is 3.43. The van der Waals surface area contributed by atoms with Gasteiger partial charge in [0.15, 0.2) is 0 Å². The van der Waals surface area contributed by atoms with Crippen LogP contribution in [0.15, 0.2) is 48.5 Å². The Hall–Kier alpha value is -3.61. The first-order valence-corrected chi connectivity index (χ1v) is 9.37. The summed E-state index contributed by atoms with van der Waals surface area (Å²) in [5, 5.41) is 10.4. The van der Waals surface area contributed by atoms with E-state index in [1.54, 1.807) is 11.8 Å². The highest BCUT2D eigenvalue weighted by molar-refractivity contribution is 6.02. The van der Waals surface area contributed by atoms with Gasteiger partial charge in [-0.25, -0.2) is 4.68 Å². The third-order valence-corrected chi connectivity index (χ3v) is 5.06. The average molecular weight is 390 g/mol. The van der Waals surface area contributed by atoms with Crippen molar-refractivity contribution in [1.82, 2.24) is 9.78 Å². The van der Waals surface area contributed by atoms with Crippen LogP contribution in [0.1, 0.15) is 23.6 Å². The minimum atomic E-state index is -0.717. The third-order valence-electron chi connectivity index (χ3n) is 5.06. The predicted octanol–water partition coefficient (Wildman–Crippen LogP) is 3.70. The molecular formula is C22H22N4O3. The van der Waals surface area contributed by atoms with Gasteiger partial charge in [-0.3, -0.25) is 9.59 Å². The Balaban J connectivity index is 1.67. The van der Waals surface area contributed by atoms with Gasteiger partial charge >= 0.3 is 0 Å². The quantitative estimate of drug-likeness (QED) is 0.711. The van der Waals surface area contributed by atoms with Gasteiger partial charge in [-0.2, -0.15) is 5.10 Å². The summed E-state index contributed by atoms with van der Waals surface area (Å²) in [6.45, 7) is 3.87. The summed E-state index contributed by atoms with van der Waals surface area (Å²) < 4.78 is 6.82. The number of ether oxygens (including phenoxy) is 1. The molecular weight excluding hydrogens is 368 g/mol. The molecule has 2 amide bonds. The normalized spacial score (nSPS) is 15.4. The topological polar surface area (TPSA) is 85.2 Å². The molecule has 0 bridgehead atoms. The van der Waals surface area contributed by atoms with E-state index in [-0.39, 0.29) is 18.2 Å². The maximum atomic E-state index is 12.9. The molecule has 2 heterocycles. The molecule has 0 radical (unpaired) electrons. The molecule has 0 unspecified atom stereocenters. The molecule has 148 valence electrons. The van der Waals surface area contributed by atoms with Gasteiger partial charge in [-0.15, -0.1) is 0 Å². The molecule has 7 heteroatoms. The Morgan fingerprint density at radius 1 is 1.14 bits per heavy atom. The minimum absolute atomic E-state index is 0.0356. The number of anilines is 2. The number of carbonyl (C=O) groups is 2. The highest BCUT2D eigenvalue weighted by Gasteiger charge is 2.34. The van der Waals surface area contributed by atoms with Gasteiger partial charge in [0, 0.05) is 16.8 Å². The first-order chi connectivity index (χ1) is 14.0. The highest BCUT2D eigenvalue weighted by atomic mass is 16.5. The predicted molar refractivity (Wildman–Crippen MR) is 111 cm³/mol. The molecule has 1 atom stereocenters. The van der Waals surface area contributed by atoms with Crippen molar-refractivity contribution in [2.75, 3.05) is 17.7 Å². The van der Waals surface area contributed by atoms with Crippen LogP contribution in [0.5, 0.6) is 5.75 Å². The van der Waals surface area contributed by atoms with Crippen molar-refractivity contribution in [3.63, 3.8) is 0 Å². The monoisotopic (exact) mass is 390 g/mol. The largest absolute Gasteiger partial charge is 0.497 e. The van der Waals surface area contributed by atoms with Crippen LogP contribution in [-0.2, 0) is 9.59 Å². The number of carbonyl (C=O) groups excluding carboxylic acids is 2. The van der Waals surface area contributed by atoms with Crippen molar-refractivity contribution in [2.45, 2.75) is 26.3 Å². The molecule has 29 heavy (non-hydrogen) atoms. The van der Waals surface area contributed by atoms with Crippen molar-refractivity contribution in [3.05, 3.63) is 59.7 Å². The lowest BCUT2D eigenvalue weighted by atomic mass is 10.1. The van der Waals surface area contributed by atoms with Gasteiger partial charge in [0.1, 0.15) is 17.6 Å². The summed E-state index contributed by atoms with van der Waals surface area (Å²) in [4.78, 5) is 25.2. The van der Waals surface area contributed by atoms with Gasteiger partial charge in [-0.1, -0.05) is 17.7 Å². The molecule has 0 fully saturated rings. The fraction of sp³-hybridized carbons (Fsp3) is 0.227. The number of methoxy groups -OCH3 is 1. The molecule has 0 saturated carbocycles. The van der Waals surface area contributed by atoms with Crippen LogP contribution in [0, 0.1) is 13.8 Å².